The zero-order chi connectivity index (χ0) is 21.2. The molecule has 0 unspecified atom stereocenters. The molecule has 3 aliphatic heterocycles. The second-order valence-electron chi connectivity index (χ2n) is 9.56. The molecule has 30 heavy (non-hydrogen) atoms. The quantitative estimate of drug-likeness (QED) is 0.729. The summed E-state index contributed by atoms with van der Waals surface area (Å²) < 4.78 is 22.7. The van der Waals surface area contributed by atoms with E-state index in [1.165, 1.54) is 0 Å². The second-order valence-corrected chi connectivity index (χ2v) is 9.56. The molecule has 166 valence electrons. The van der Waals surface area contributed by atoms with Gasteiger partial charge < -0.3 is 23.8 Å². The van der Waals surface area contributed by atoms with Gasteiger partial charge in [0.2, 0.25) is 0 Å². The van der Waals surface area contributed by atoms with E-state index in [1.54, 1.807) is 6.20 Å². The molecular formula is C22H33N3O5. The van der Waals surface area contributed by atoms with Crippen LogP contribution in [0, 0.1) is 5.41 Å². The molecule has 3 aliphatic rings. The number of fused-ring (bicyclic) bond motifs is 1. The predicted molar refractivity (Wildman–Crippen MR) is 111 cm³/mol. The van der Waals surface area contributed by atoms with Crippen molar-refractivity contribution in [1.82, 2.24) is 14.8 Å². The van der Waals surface area contributed by atoms with E-state index < -0.39 is 5.60 Å². The molecule has 0 bridgehead atoms. The molecule has 0 N–H and O–H groups in total. The molecule has 8 nitrogen and oxygen atoms in total. The number of ether oxygens (including phenoxy) is 4. The molecule has 2 fully saturated rings. The SMILES string of the molecule is CC(C)(C)OC(=O)N1CCC2(CCOCN(Cc3cc4c(cn3)OCCO4)C2)CC1. The van der Waals surface area contributed by atoms with E-state index >= 15 is 0 Å². The zero-order valence-corrected chi connectivity index (χ0v) is 18.3. The maximum atomic E-state index is 12.4. The molecule has 4 heterocycles. The molecule has 1 aromatic heterocycles. The molecule has 0 radical (unpaired) electrons. The van der Waals surface area contributed by atoms with Gasteiger partial charge in [0.05, 0.1) is 18.6 Å². The Hall–Kier alpha value is -2.06. The number of likely N-dealkylation sites (tertiary alicyclic amines) is 1. The number of nitrogens with zero attached hydrogens (tertiary/aromatic N) is 3. The summed E-state index contributed by atoms with van der Waals surface area (Å²) in [6.45, 7) is 11.3. The standard InChI is InChI=1S/C22H33N3O5/c1-21(2,3)30-20(26)25-7-4-22(5-8-25)6-9-27-16-24(15-22)14-17-12-18-19(13-23-17)29-11-10-28-18/h12-13H,4-11,14-16H2,1-3H3. The summed E-state index contributed by atoms with van der Waals surface area (Å²) in [6.07, 6.45) is 4.47. The van der Waals surface area contributed by atoms with E-state index in [-0.39, 0.29) is 11.5 Å². The van der Waals surface area contributed by atoms with Gasteiger partial charge in [0.15, 0.2) is 11.5 Å². The highest BCUT2D eigenvalue weighted by Crippen LogP contribution is 2.38. The van der Waals surface area contributed by atoms with Crippen LogP contribution in [0.4, 0.5) is 4.79 Å². The normalized spacial score (nSPS) is 21.9. The third-order valence-corrected chi connectivity index (χ3v) is 5.96. The maximum Gasteiger partial charge on any atom is 0.410 e. The highest BCUT2D eigenvalue weighted by atomic mass is 16.6. The van der Waals surface area contributed by atoms with Gasteiger partial charge in [0.1, 0.15) is 18.8 Å². The van der Waals surface area contributed by atoms with Crippen molar-refractivity contribution >= 4 is 6.09 Å². The van der Waals surface area contributed by atoms with Crippen molar-refractivity contribution in [3.63, 3.8) is 0 Å². The fourth-order valence-electron chi connectivity index (χ4n) is 4.39. The average molecular weight is 420 g/mol. The summed E-state index contributed by atoms with van der Waals surface area (Å²) in [6, 6.07) is 1.97. The molecule has 2 saturated heterocycles. The first-order chi connectivity index (χ1) is 14.3. The summed E-state index contributed by atoms with van der Waals surface area (Å²) in [5, 5.41) is 0. The first kappa shape index (κ1) is 21.2. The Balaban J connectivity index is 1.37. The van der Waals surface area contributed by atoms with Crippen molar-refractivity contribution in [3.8, 4) is 11.5 Å². The Morgan fingerprint density at radius 2 is 1.87 bits per heavy atom. The van der Waals surface area contributed by atoms with Crippen molar-refractivity contribution in [2.45, 2.75) is 52.2 Å². The predicted octanol–water partition coefficient (Wildman–Crippen LogP) is 3.05. The van der Waals surface area contributed by atoms with Gasteiger partial charge >= 0.3 is 6.09 Å². The number of hydrogen-bond donors (Lipinski definition) is 0. The first-order valence-corrected chi connectivity index (χ1v) is 10.8. The number of rotatable bonds is 2. The van der Waals surface area contributed by atoms with Crippen LogP contribution in [0.15, 0.2) is 12.3 Å². The second kappa shape index (κ2) is 8.59. The minimum atomic E-state index is -0.462. The van der Waals surface area contributed by atoms with Gasteiger partial charge in [-0.15, -0.1) is 0 Å². The van der Waals surface area contributed by atoms with Gasteiger partial charge in [-0.05, 0) is 45.4 Å². The molecule has 0 atom stereocenters. The maximum absolute atomic E-state index is 12.4. The number of hydrogen-bond acceptors (Lipinski definition) is 7. The molecule has 8 heteroatoms. The first-order valence-electron chi connectivity index (χ1n) is 10.8. The van der Waals surface area contributed by atoms with E-state index in [4.69, 9.17) is 18.9 Å². The van der Waals surface area contributed by atoms with Crippen LogP contribution < -0.4 is 9.47 Å². The largest absolute Gasteiger partial charge is 0.486 e. The zero-order valence-electron chi connectivity index (χ0n) is 18.3. The molecule has 1 spiro atoms. The van der Waals surface area contributed by atoms with Crippen LogP contribution in [0.3, 0.4) is 0 Å². The molecular weight excluding hydrogens is 386 g/mol. The minimum Gasteiger partial charge on any atom is -0.486 e. The van der Waals surface area contributed by atoms with E-state index in [1.807, 2.05) is 31.7 Å². The topological polar surface area (TPSA) is 73.4 Å². The van der Waals surface area contributed by atoms with E-state index in [9.17, 15) is 4.79 Å². The summed E-state index contributed by atoms with van der Waals surface area (Å²) in [5.74, 6) is 1.48. The molecule has 4 rings (SSSR count). The summed E-state index contributed by atoms with van der Waals surface area (Å²) in [5.41, 5.74) is 0.643. The Kier molecular flexibility index (Phi) is 6.06. The number of amides is 1. The van der Waals surface area contributed by atoms with Gasteiger partial charge in [-0.3, -0.25) is 9.88 Å². The number of piperidine rings is 1. The number of aromatic nitrogens is 1. The Bertz CT molecular complexity index is 756. The Morgan fingerprint density at radius 1 is 1.13 bits per heavy atom. The van der Waals surface area contributed by atoms with Crippen LogP contribution in [-0.2, 0) is 16.0 Å². The Morgan fingerprint density at radius 3 is 2.60 bits per heavy atom. The monoisotopic (exact) mass is 419 g/mol. The van der Waals surface area contributed by atoms with E-state index in [2.05, 4.69) is 9.88 Å². The van der Waals surface area contributed by atoms with Crippen LogP contribution in [0.25, 0.3) is 0 Å². The average Bonchev–Trinajstić information content (AvgIpc) is 2.89. The van der Waals surface area contributed by atoms with E-state index in [0.717, 1.165) is 56.9 Å². The van der Waals surface area contributed by atoms with Crippen molar-refractivity contribution in [3.05, 3.63) is 18.0 Å². The van der Waals surface area contributed by atoms with Crippen LogP contribution in [0.5, 0.6) is 11.5 Å². The number of pyridine rings is 1. The van der Waals surface area contributed by atoms with Crippen LogP contribution in [0.1, 0.15) is 45.7 Å². The highest BCUT2D eigenvalue weighted by Gasteiger charge is 2.39. The summed E-state index contributed by atoms with van der Waals surface area (Å²) >= 11 is 0. The molecule has 0 saturated carbocycles. The van der Waals surface area contributed by atoms with Gasteiger partial charge in [-0.2, -0.15) is 0 Å². The van der Waals surface area contributed by atoms with Gasteiger partial charge in [-0.1, -0.05) is 0 Å². The molecule has 1 aromatic rings. The molecule has 0 aliphatic carbocycles. The Labute approximate surface area is 178 Å². The van der Waals surface area contributed by atoms with Crippen LogP contribution in [-0.4, -0.2) is 72.7 Å². The smallest absolute Gasteiger partial charge is 0.410 e. The number of carbonyl (C=O) groups is 1. The molecule has 0 aromatic carbocycles. The summed E-state index contributed by atoms with van der Waals surface area (Å²) in [7, 11) is 0. The van der Waals surface area contributed by atoms with Gasteiger partial charge in [-0.25, -0.2) is 4.79 Å². The van der Waals surface area contributed by atoms with Crippen LogP contribution in [0.2, 0.25) is 0 Å². The van der Waals surface area contributed by atoms with Gasteiger partial charge in [0, 0.05) is 38.9 Å². The minimum absolute atomic E-state index is 0.156. The van der Waals surface area contributed by atoms with Crippen LogP contribution >= 0.6 is 0 Å². The lowest BCUT2D eigenvalue weighted by Crippen LogP contribution is -2.48. The van der Waals surface area contributed by atoms with Crippen molar-refractivity contribution < 1.29 is 23.7 Å². The highest BCUT2D eigenvalue weighted by molar-refractivity contribution is 5.68. The third kappa shape index (κ3) is 5.16. The van der Waals surface area contributed by atoms with Crippen molar-refractivity contribution in [2.24, 2.45) is 5.41 Å². The number of carbonyl (C=O) groups excluding carboxylic acids is 1. The fraction of sp³-hybridized carbons (Fsp3) is 0.727. The molecule has 1 amide bonds. The fourth-order valence-corrected chi connectivity index (χ4v) is 4.39. The summed E-state index contributed by atoms with van der Waals surface area (Å²) in [4.78, 5) is 21.1. The van der Waals surface area contributed by atoms with Crippen molar-refractivity contribution in [2.75, 3.05) is 46.2 Å². The lowest BCUT2D eigenvalue weighted by molar-refractivity contribution is 0.00413. The van der Waals surface area contributed by atoms with E-state index in [0.29, 0.717) is 32.2 Å². The van der Waals surface area contributed by atoms with Crippen molar-refractivity contribution in [1.29, 1.82) is 0 Å². The van der Waals surface area contributed by atoms with Gasteiger partial charge in [0.25, 0.3) is 0 Å². The third-order valence-electron chi connectivity index (χ3n) is 5.96. The lowest BCUT2D eigenvalue weighted by atomic mass is 9.75. The lowest BCUT2D eigenvalue weighted by Gasteiger charge is -2.43.